The normalized spacial score (nSPS) is 14.7. The maximum Gasteiger partial charge on any atom is 0.318 e. The van der Waals surface area contributed by atoms with Gasteiger partial charge in [-0.05, 0) is 30.7 Å². The molecular formula is C20H29NO6S. The number of hydroxylamine groups is 2. The number of ether oxygens (including phenoxy) is 1. The summed E-state index contributed by atoms with van der Waals surface area (Å²) < 4.78 is 34.7. The van der Waals surface area contributed by atoms with E-state index in [9.17, 15) is 18.0 Å². The van der Waals surface area contributed by atoms with Crippen molar-refractivity contribution in [2.24, 2.45) is 0 Å². The maximum absolute atomic E-state index is 12.2. The van der Waals surface area contributed by atoms with Crippen LogP contribution in [0.4, 0.5) is 0 Å². The van der Waals surface area contributed by atoms with Crippen molar-refractivity contribution in [3.8, 4) is 5.75 Å². The fourth-order valence-electron chi connectivity index (χ4n) is 2.91. The minimum absolute atomic E-state index is 0.0418. The number of amides is 2. The fourth-order valence-corrected chi connectivity index (χ4v) is 3.83. The molecule has 1 aromatic carbocycles. The topological polar surface area (TPSA) is 90.0 Å². The van der Waals surface area contributed by atoms with Crippen LogP contribution < -0.4 is 4.74 Å². The number of benzene rings is 1. The quantitative estimate of drug-likeness (QED) is 0.360. The molecule has 2 amide bonds. The summed E-state index contributed by atoms with van der Waals surface area (Å²) in [6.07, 6.45) is 9.62. The summed E-state index contributed by atoms with van der Waals surface area (Å²) in [6, 6.07) is 5.75. The lowest BCUT2D eigenvalue weighted by Gasteiger charge is -2.13. The summed E-state index contributed by atoms with van der Waals surface area (Å²) >= 11 is 0. The van der Waals surface area contributed by atoms with E-state index in [1.54, 1.807) is 0 Å². The standard InChI is InChI=1S/C20H29NO6S/c1-2-3-4-5-6-7-8-9-16-26-17-10-12-18(13-11-17)28(24,25)27-21-19(22)14-15-20(21)23/h10-13H,2-9,14-16H2,1H3. The second-order valence-electron chi connectivity index (χ2n) is 6.91. The molecule has 0 saturated carbocycles. The van der Waals surface area contributed by atoms with Gasteiger partial charge in [-0.3, -0.25) is 9.59 Å². The molecule has 8 heteroatoms. The average molecular weight is 412 g/mol. The van der Waals surface area contributed by atoms with Crippen LogP contribution in [-0.2, 0) is 24.0 Å². The highest BCUT2D eigenvalue weighted by molar-refractivity contribution is 7.86. The summed E-state index contributed by atoms with van der Waals surface area (Å²) in [5.74, 6) is -0.743. The lowest BCUT2D eigenvalue weighted by Crippen LogP contribution is -2.32. The molecule has 0 radical (unpaired) electrons. The zero-order chi connectivity index (χ0) is 20.4. The predicted molar refractivity (Wildman–Crippen MR) is 104 cm³/mol. The number of rotatable bonds is 13. The molecule has 1 heterocycles. The van der Waals surface area contributed by atoms with Gasteiger partial charge in [-0.2, -0.15) is 8.42 Å². The monoisotopic (exact) mass is 411 g/mol. The van der Waals surface area contributed by atoms with Crippen molar-refractivity contribution in [2.75, 3.05) is 6.61 Å². The summed E-state index contributed by atoms with van der Waals surface area (Å²) in [5.41, 5.74) is 0. The third-order valence-electron chi connectivity index (χ3n) is 4.56. The number of nitrogens with zero attached hydrogens (tertiary/aromatic N) is 1. The molecule has 0 spiro atoms. The fraction of sp³-hybridized carbons (Fsp3) is 0.600. The third-order valence-corrected chi connectivity index (χ3v) is 5.75. The van der Waals surface area contributed by atoms with Gasteiger partial charge in [0.25, 0.3) is 11.8 Å². The molecule has 156 valence electrons. The second kappa shape index (κ2) is 11.2. The molecule has 0 aliphatic carbocycles. The van der Waals surface area contributed by atoms with E-state index in [4.69, 9.17) is 4.74 Å². The van der Waals surface area contributed by atoms with Crippen LogP contribution in [0.15, 0.2) is 29.2 Å². The van der Waals surface area contributed by atoms with Gasteiger partial charge in [0.05, 0.1) is 11.5 Å². The molecule has 0 N–H and O–H groups in total. The Morgan fingerprint density at radius 3 is 1.96 bits per heavy atom. The zero-order valence-electron chi connectivity index (χ0n) is 16.4. The molecule has 28 heavy (non-hydrogen) atoms. The average Bonchev–Trinajstić information content (AvgIpc) is 2.99. The molecule has 0 bridgehead atoms. The molecule has 7 nitrogen and oxygen atoms in total. The first kappa shape index (κ1) is 22.4. The zero-order valence-corrected chi connectivity index (χ0v) is 17.2. The van der Waals surface area contributed by atoms with Crippen LogP contribution in [0.5, 0.6) is 5.75 Å². The van der Waals surface area contributed by atoms with Gasteiger partial charge in [-0.15, -0.1) is 9.35 Å². The summed E-state index contributed by atoms with van der Waals surface area (Å²) in [7, 11) is -4.24. The lowest BCUT2D eigenvalue weighted by molar-refractivity contribution is -0.163. The molecular weight excluding hydrogens is 382 g/mol. The Balaban J connectivity index is 1.72. The number of unbranched alkanes of at least 4 members (excludes halogenated alkanes) is 7. The van der Waals surface area contributed by atoms with E-state index in [0.29, 0.717) is 17.4 Å². The molecule has 1 aliphatic rings. The number of hydrogen-bond donors (Lipinski definition) is 0. The van der Waals surface area contributed by atoms with E-state index in [1.165, 1.54) is 62.8 Å². The highest BCUT2D eigenvalue weighted by Gasteiger charge is 2.35. The highest BCUT2D eigenvalue weighted by Crippen LogP contribution is 2.22. The van der Waals surface area contributed by atoms with Crippen LogP contribution in [0.25, 0.3) is 0 Å². The van der Waals surface area contributed by atoms with Crippen molar-refractivity contribution in [3.63, 3.8) is 0 Å². The van der Waals surface area contributed by atoms with Crippen LogP contribution in [0.2, 0.25) is 0 Å². The van der Waals surface area contributed by atoms with Gasteiger partial charge in [0.1, 0.15) is 5.75 Å². The minimum Gasteiger partial charge on any atom is -0.494 e. The van der Waals surface area contributed by atoms with Crippen LogP contribution in [0.1, 0.15) is 71.1 Å². The van der Waals surface area contributed by atoms with Crippen molar-refractivity contribution in [1.29, 1.82) is 0 Å². The van der Waals surface area contributed by atoms with Crippen molar-refractivity contribution >= 4 is 21.9 Å². The van der Waals surface area contributed by atoms with Crippen molar-refractivity contribution in [2.45, 2.75) is 76.0 Å². The summed E-state index contributed by atoms with van der Waals surface area (Å²) in [5, 5.41) is 0.321. The van der Waals surface area contributed by atoms with Gasteiger partial charge < -0.3 is 4.74 Å². The highest BCUT2D eigenvalue weighted by atomic mass is 32.2. The van der Waals surface area contributed by atoms with E-state index in [0.717, 1.165) is 12.8 Å². The Labute approximate surface area is 167 Å². The van der Waals surface area contributed by atoms with Crippen LogP contribution in [0.3, 0.4) is 0 Å². The molecule has 2 rings (SSSR count). The smallest absolute Gasteiger partial charge is 0.318 e. The number of carbonyl (C=O) groups excluding carboxylic acids is 2. The van der Waals surface area contributed by atoms with E-state index in [2.05, 4.69) is 11.2 Å². The van der Waals surface area contributed by atoms with Gasteiger partial charge in [0.2, 0.25) is 0 Å². The number of carbonyl (C=O) groups is 2. The molecule has 1 fully saturated rings. The summed E-state index contributed by atoms with van der Waals surface area (Å²) in [6.45, 7) is 2.79. The van der Waals surface area contributed by atoms with E-state index in [-0.39, 0.29) is 17.7 Å². The first-order chi connectivity index (χ1) is 13.4. The second-order valence-corrected chi connectivity index (χ2v) is 8.43. The Morgan fingerprint density at radius 1 is 0.857 bits per heavy atom. The number of hydrogen-bond acceptors (Lipinski definition) is 6. The van der Waals surface area contributed by atoms with Gasteiger partial charge in [0.15, 0.2) is 0 Å². The van der Waals surface area contributed by atoms with E-state index < -0.39 is 21.9 Å². The largest absolute Gasteiger partial charge is 0.494 e. The Morgan fingerprint density at radius 2 is 1.39 bits per heavy atom. The lowest BCUT2D eigenvalue weighted by atomic mass is 10.1. The van der Waals surface area contributed by atoms with Crippen LogP contribution in [0, 0.1) is 0 Å². The first-order valence-corrected chi connectivity index (χ1v) is 11.4. The molecule has 1 aliphatic heterocycles. The molecule has 1 aromatic rings. The van der Waals surface area contributed by atoms with E-state index >= 15 is 0 Å². The Hall–Kier alpha value is -1.93. The van der Waals surface area contributed by atoms with Crippen LogP contribution in [-0.4, -0.2) is 31.9 Å². The van der Waals surface area contributed by atoms with Crippen molar-refractivity contribution < 1.29 is 27.0 Å². The predicted octanol–water partition coefficient (Wildman–Crippen LogP) is 3.98. The number of imide groups is 1. The minimum atomic E-state index is -4.24. The van der Waals surface area contributed by atoms with Crippen LogP contribution >= 0.6 is 0 Å². The summed E-state index contributed by atoms with van der Waals surface area (Å²) in [4.78, 5) is 22.9. The maximum atomic E-state index is 12.2. The van der Waals surface area contributed by atoms with Gasteiger partial charge in [0, 0.05) is 12.8 Å². The molecule has 0 unspecified atom stereocenters. The van der Waals surface area contributed by atoms with Gasteiger partial charge >= 0.3 is 10.1 Å². The molecule has 0 atom stereocenters. The third kappa shape index (κ3) is 6.91. The molecule has 0 aromatic heterocycles. The van der Waals surface area contributed by atoms with Crippen molar-refractivity contribution in [3.05, 3.63) is 24.3 Å². The Bertz CT molecular complexity index is 728. The molecule has 1 saturated heterocycles. The van der Waals surface area contributed by atoms with Gasteiger partial charge in [-0.25, -0.2) is 0 Å². The van der Waals surface area contributed by atoms with Gasteiger partial charge in [-0.1, -0.05) is 51.9 Å². The Kier molecular flexibility index (Phi) is 8.92. The van der Waals surface area contributed by atoms with Crippen molar-refractivity contribution in [1.82, 2.24) is 5.06 Å². The SMILES string of the molecule is CCCCCCCCCCOc1ccc(S(=O)(=O)ON2C(=O)CCC2=O)cc1. The van der Waals surface area contributed by atoms with E-state index in [1.807, 2.05) is 0 Å². The first-order valence-electron chi connectivity index (χ1n) is 9.97.